The number of nitriles is 1. The minimum atomic E-state index is 0.657. The monoisotopic (exact) mass is 404 g/mol. The van der Waals surface area contributed by atoms with Gasteiger partial charge in [-0.25, -0.2) is 4.98 Å². The Labute approximate surface area is 175 Å². The second kappa shape index (κ2) is 9.66. The molecule has 4 rings (SSSR count). The Morgan fingerprint density at radius 1 is 0.966 bits per heavy atom. The van der Waals surface area contributed by atoms with Gasteiger partial charge in [-0.1, -0.05) is 30.3 Å². The summed E-state index contributed by atoms with van der Waals surface area (Å²) in [6.07, 6.45) is 0. The van der Waals surface area contributed by atoms with E-state index < -0.39 is 0 Å². The Morgan fingerprint density at radius 2 is 1.69 bits per heavy atom. The van der Waals surface area contributed by atoms with E-state index in [2.05, 4.69) is 45.5 Å². The number of ether oxygens (including phenoxy) is 1. The molecule has 5 nitrogen and oxygen atoms in total. The van der Waals surface area contributed by atoms with E-state index in [1.807, 2.05) is 18.2 Å². The molecule has 0 N–H and O–H groups in total. The standard InChI is InChI=1S/C23H24N4OS/c24-16-19-6-8-22(9-7-19)28-15-14-26-10-12-27(13-11-26)17-21-18-29-23(25-21)20-4-2-1-3-5-20/h1-9,18H,10-15,17H2. The lowest BCUT2D eigenvalue weighted by Crippen LogP contribution is -2.47. The van der Waals surface area contributed by atoms with Gasteiger partial charge in [0.2, 0.25) is 0 Å². The number of aromatic nitrogens is 1. The molecule has 29 heavy (non-hydrogen) atoms. The summed E-state index contributed by atoms with van der Waals surface area (Å²) in [5.41, 5.74) is 3.01. The van der Waals surface area contributed by atoms with Crippen molar-refractivity contribution in [1.29, 1.82) is 5.26 Å². The molecule has 1 saturated heterocycles. The van der Waals surface area contributed by atoms with Crippen molar-refractivity contribution >= 4 is 11.3 Å². The first-order chi connectivity index (χ1) is 14.3. The van der Waals surface area contributed by atoms with Crippen LogP contribution in [0.3, 0.4) is 0 Å². The first kappa shape index (κ1) is 19.6. The van der Waals surface area contributed by atoms with Crippen molar-refractivity contribution in [3.05, 3.63) is 71.2 Å². The van der Waals surface area contributed by atoms with Crippen molar-refractivity contribution < 1.29 is 4.74 Å². The van der Waals surface area contributed by atoms with Crippen LogP contribution >= 0.6 is 11.3 Å². The summed E-state index contributed by atoms with van der Waals surface area (Å²) in [4.78, 5) is 9.73. The number of rotatable bonds is 7. The molecule has 148 valence electrons. The van der Waals surface area contributed by atoms with E-state index in [1.165, 1.54) is 5.56 Å². The van der Waals surface area contributed by atoms with E-state index in [9.17, 15) is 0 Å². The van der Waals surface area contributed by atoms with Crippen molar-refractivity contribution in [1.82, 2.24) is 14.8 Å². The third-order valence-corrected chi connectivity index (χ3v) is 6.02. The summed E-state index contributed by atoms with van der Waals surface area (Å²) in [6, 6.07) is 19.8. The molecule has 2 heterocycles. The Hall–Kier alpha value is -2.72. The Morgan fingerprint density at radius 3 is 2.41 bits per heavy atom. The van der Waals surface area contributed by atoms with Gasteiger partial charge in [0.05, 0.1) is 17.3 Å². The molecule has 3 aromatic rings. The van der Waals surface area contributed by atoms with Gasteiger partial charge < -0.3 is 4.74 Å². The summed E-state index contributed by atoms with van der Waals surface area (Å²) < 4.78 is 5.80. The summed E-state index contributed by atoms with van der Waals surface area (Å²) in [5, 5.41) is 12.1. The van der Waals surface area contributed by atoms with Crippen LogP contribution in [0.15, 0.2) is 60.0 Å². The molecule has 0 atom stereocenters. The van der Waals surface area contributed by atoms with Gasteiger partial charge in [0.25, 0.3) is 0 Å². The molecule has 1 aliphatic rings. The summed E-state index contributed by atoms with van der Waals surface area (Å²) in [5.74, 6) is 0.820. The minimum absolute atomic E-state index is 0.657. The molecule has 0 amide bonds. The molecule has 6 heteroatoms. The van der Waals surface area contributed by atoms with Crippen LogP contribution < -0.4 is 4.74 Å². The topological polar surface area (TPSA) is 52.4 Å². The average molecular weight is 405 g/mol. The SMILES string of the molecule is N#Cc1ccc(OCCN2CCN(Cc3csc(-c4ccccc4)n3)CC2)cc1. The number of piperazine rings is 1. The third kappa shape index (κ3) is 5.42. The molecule has 1 aromatic heterocycles. The van der Waals surface area contributed by atoms with Gasteiger partial charge in [0.1, 0.15) is 17.4 Å². The smallest absolute Gasteiger partial charge is 0.123 e. The van der Waals surface area contributed by atoms with Gasteiger partial charge in [-0.2, -0.15) is 5.26 Å². The number of benzene rings is 2. The van der Waals surface area contributed by atoms with Gasteiger partial charge in [0.15, 0.2) is 0 Å². The highest BCUT2D eigenvalue weighted by atomic mass is 32.1. The van der Waals surface area contributed by atoms with Crippen LogP contribution in [0.25, 0.3) is 10.6 Å². The molecule has 0 bridgehead atoms. The van der Waals surface area contributed by atoms with E-state index in [1.54, 1.807) is 23.5 Å². The van der Waals surface area contributed by atoms with E-state index in [0.717, 1.165) is 55.7 Å². The Balaban J connectivity index is 1.19. The lowest BCUT2D eigenvalue weighted by Gasteiger charge is -2.34. The summed E-state index contributed by atoms with van der Waals surface area (Å²) in [6.45, 7) is 6.70. The van der Waals surface area contributed by atoms with Crippen molar-refractivity contribution in [2.45, 2.75) is 6.54 Å². The predicted octanol–water partition coefficient (Wildman–Crippen LogP) is 3.88. The average Bonchev–Trinajstić information content (AvgIpc) is 3.25. The van der Waals surface area contributed by atoms with Crippen LogP contribution in [0.5, 0.6) is 5.75 Å². The Kier molecular flexibility index (Phi) is 6.52. The maximum Gasteiger partial charge on any atom is 0.123 e. The second-order valence-electron chi connectivity index (χ2n) is 7.11. The zero-order valence-electron chi connectivity index (χ0n) is 16.3. The molecular weight excluding hydrogens is 380 g/mol. The third-order valence-electron chi connectivity index (χ3n) is 5.08. The molecule has 1 aliphatic heterocycles. The van der Waals surface area contributed by atoms with E-state index in [4.69, 9.17) is 15.0 Å². The zero-order chi connectivity index (χ0) is 19.9. The van der Waals surface area contributed by atoms with E-state index in [-0.39, 0.29) is 0 Å². The van der Waals surface area contributed by atoms with Crippen molar-refractivity contribution in [2.24, 2.45) is 0 Å². The fraction of sp³-hybridized carbons (Fsp3) is 0.304. The molecule has 0 aliphatic carbocycles. The molecular formula is C23H24N4OS. The van der Waals surface area contributed by atoms with Crippen LogP contribution in [-0.4, -0.2) is 54.1 Å². The van der Waals surface area contributed by atoms with E-state index >= 15 is 0 Å². The van der Waals surface area contributed by atoms with Crippen molar-refractivity contribution in [3.63, 3.8) is 0 Å². The quantitative estimate of drug-likeness (QED) is 0.598. The molecule has 0 saturated carbocycles. The molecule has 0 radical (unpaired) electrons. The highest BCUT2D eigenvalue weighted by molar-refractivity contribution is 7.13. The maximum absolute atomic E-state index is 8.84. The highest BCUT2D eigenvalue weighted by Gasteiger charge is 2.18. The lowest BCUT2D eigenvalue weighted by atomic mass is 10.2. The van der Waals surface area contributed by atoms with E-state index in [0.29, 0.717) is 12.2 Å². The summed E-state index contributed by atoms with van der Waals surface area (Å²) >= 11 is 1.72. The predicted molar refractivity (Wildman–Crippen MR) is 116 cm³/mol. The van der Waals surface area contributed by atoms with Gasteiger partial charge in [-0.05, 0) is 24.3 Å². The number of hydrogen-bond donors (Lipinski definition) is 0. The Bertz CT molecular complexity index is 941. The van der Waals surface area contributed by atoms with Crippen LogP contribution in [0.2, 0.25) is 0 Å². The van der Waals surface area contributed by atoms with Gasteiger partial charge in [-0.3, -0.25) is 9.80 Å². The highest BCUT2D eigenvalue weighted by Crippen LogP contribution is 2.24. The molecule has 1 fully saturated rings. The van der Waals surface area contributed by atoms with Crippen molar-refractivity contribution in [3.8, 4) is 22.4 Å². The molecule has 0 spiro atoms. The number of hydrogen-bond acceptors (Lipinski definition) is 6. The van der Waals surface area contributed by atoms with Crippen LogP contribution in [0.4, 0.5) is 0 Å². The molecule has 2 aromatic carbocycles. The fourth-order valence-corrected chi connectivity index (χ4v) is 4.23. The lowest BCUT2D eigenvalue weighted by molar-refractivity contribution is 0.112. The number of nitrogens with zero attached hydrogens (tertiary/aromatic N) is 4. The summed E-state index contributed by atoms with van der Waals surface area (Å²) in [7, 11) is 0. The normalized spacial score (nSPS) is 15.1. The maximum atomic E-state index is 8.84. The second-order valence-corrected chi connectivity index (χ2v) is 7.97. The largest absolute Gasteiger partial charge is 0.492 e. The van der Waals surface area contributed by atoms with Crippen LogP contribution in [0, 0.1) is 11.3 Å². The van der Waals surface area contributed by atoms with Crippen LogP contribution in [-0.2, 0) is 6.54 Å². The van der Waals surface area contributed by atoms with Gasteiger partial charge >= 0.3 is 0 Å². The first-order valence-electron chi connectivity index (χ1n) is 9.88. The van der Waals surface area contributed by atoms with Crippen molar-refractivity contribution in [2.75, 3.05) is 39.3 Å². The minimum Gasteiger partial charge on any atom is -0.492 e. The number of thiazole rings is 1. The van der Waals surface area contributed by atoms with Gasteiger partial charge in [0, 0.05) is 50.2 Å². The van der Waals surface area contributed by atoms with Crippen LogP contribution in [0.1, 0.15) is 11.3 Å². The zero-order valence-corrected chi connectivity index (χ0v) is 17.1. The van der Waals surface area contributed by atoms with Gasteiger partial charge in [-0.15, -0.1) is 11.3 Å². The first-order valence-corrected chi connectivity index (χ1v) is 10.8. The molecule has 0 unspecified atom stereocenters. The fourth-order valence-electron chi connectivity index (χ4n) is 3.41.